The van der Waals surface area contributed by atoms with Crippen molar-refractivity contribution in [3.05, 3.63) is 93.5 Å². The maximum absolute atomic E-state index is 12.4. The van der Waals surface area contributed by atoms with Crippen molar-refractivity contribution in [1.29, 1.82) is 0 Å². The molecule has 1 N–H and O–H groups in total. The van der Waals surface area contributed by atoms with Crippen LogP contribution >= 0.6 is 35.0 Å². The van der Waals surface area contributed by atoms with E-state index in [9.17, 15) is 4.79 Å². The highest BCUT2D eigenvalue weighted by Crippen LogP contribution is 2.36. The van der Waals surface area contributed by atoms with Gasteiger partial charge in [0.2, 0.25) is 0 Å². The van der Waals surface area contributed by atoms with Crippen molar-refractivity contribution < 1.29 is 9.21 Å². The largest absolute Gasteiger partial charge is 0.457 e. The normalized spacial score (nSPS) is 16.4. The number of furan rings is 1. The van der Waals surface area contributed by atoms with E-state index >= 15 is 0 Å². The van der Waals surface area contributed by atoms with Gasteiger partial charge in [-0.15, -0.1) is 0 Å². The lowest BCUT2D eigenvalue weighted by atomic mass is 10.1. The third-order valence-corrected chi connectivity index (χ3v) is 6.26. The number of hydrogen-bond donors (Lipinski definition) is 1. The van der Waals surface area contributed by atoms with E-state index in [1.807, 2.05) is 42.5 Å². The second kappa shape index (κ2) is 8.27. The van der Waals surface area contributed by atoms with Crippen molar-refractivity contribution in [3.8, 4) is 11.3 Å². The fourth-order valence-electron chi connectivity index (χ4n) is 3.27. The molecule has 0 atom stereocenters. The minimum absolute atomic E-state index is 0.224. The molecule has 2 heterocycles. The number of carbonyl (C=O) groups is 1. The zero-order chi connectivity index (χ0) is 21.4. The van der Waals surface area contributed by atoms with Gasteiger partial charge in [-0.1, -0.05) is 59.6 Å². The summed E-state index contributed by atoms with van der Waals surface area (Å²) in [6.07, 6.45) is 1.68. The second-order valence-electron chi connectivity index (χ2n) is 6.81. The molecule has 1 fully saturated rings. The molecule has 7 heteroatoms. The summed E-state index contributed by atoms with van der Waals surface area (Å²) < 4.78 is 5.86. The van der Waals surface area contributed by atoms with Crippen LogP contribution in [0.3, 0.4) is 0 Å². The molecule has 0 aliphatic carbocycles. The summed E-state index contributed by atoms with van der Waals surface area (Å²) in [5.74, 6) is 0.838. The quantitative estimate of drug-likeness (QED) is 0.323. The van der Waals surface area contributed by atoms with E-state index < -0.39 is 0 Å². The van der Waals surface area contributed by atoms with Crippen LogP contribution in [0.2, 0.25) is 10.0 Å². The molecule has 4 nitrogen and oxygen atoms in total. The second-order valence-corrected chi connectivity index (χ2v) is 8.66. The van der Waals surface area contributed by atoms with Crippen LogP contribution in [0, 0.1) is 0 Å². The summed E-state index contributed by atoms with van der Waals surface area (Å²) in [7, 11) is 0. The Hall–Kier alpha value is -2.99. The maximum Gasteiger partial charge on any atom is 0.264 e. The van der Waals surface area contributed by atoms with E-state index in [2.05, 4.69) is 10.3 Å². The molecule has 4 aromatic rings. The van der Waals surface area contributed by atoms with Gasteiger partial charge in [0.1, 0.15) is 11.5 Å². The first-order chi connectivity index (χ1) is 15.1. The molecule has 0 spiro atoms. The third-order valence-electron chi connectivity index (χ3n) is 4.72. The Kier molecular flexibility index (Phi) is 5.32. The molecule has 0 radical (unpaired) electrons. The molecule has 0 saturated carbocycles. The number of rotatable bonds is 3. The van der Waals surface area contributed by atoms with Crippen LogP contribution in [-0.2, 0) is 4.79 Å². The molecular weight excluding hydrogens is 451 g/mol. The van der Waals surface area contributed by atoms with E-state index in [4.69, 9.17) is 27.6 Å². The van der Waals surface area contributed by atoms with Crippen molar-refractivity contribution in [2.75, 3.05) is 0 Å². The molecule has 0 bridgehead atoms. The lowest BCUT2D eigenvalue weighted by Gasteiger charge is -2.02. The monoisotopic (exact) mass is 464 g/mol. The number of thioether (sulfide) groups is 1. The summed E-state index contributed by atoms with van der Waals surface area (Å²) in [5, 5.41) is 6.55. The summed E-state index contributed by atoms with van der Waals surface area (Å²) in [5.41, 5.74) is 1.40. The summed E-state index contributed by atoms with van der Waals surface area (Å²) in [6.45, 7) is 0. The molecule has 1 amide bonds. The number of fused-ring (bicyclic) bond motifs is 1. The van der Waals surface area contributed by atoms with Gasteiger partial charge < -0.3 is 9.73 Å². The average molecular weight is 465 g/mol. The van der Waals surface area contributed by atoms with Gasteiger partial charge in [0.25, 0.3) is 5.91 Å². The van der Waals surface area contributed by atoms with E-state index in [1.54, 1.807) is 36.4 Å². The van der Waals surface area contributed by atoms with E-state index in [0.717, 1.165) is 16.5 Å². The minimum Gasteiger partial charge on any atom is -0.457 e. The standard InChI is InChI=1S/C24H14Cl2N2O2S/c25-18-6-3-7-19(26)22(18)20-11-10-17(30-20)13-21-23(29)28-24(31-21)27-16-9-8-14-4-1-2-5-15(14)12-16/h1-13H,(H,27,28,29)/b21-13+. The Labute approximate surface area is 192 Å². The molecule has 0 unspecified atom stereocenters. The van der Waals surface area contributed by atoms with Gasteiger partial charge in [-0.3, -0.25) is 4.79 Å². The minimum atomic E-state index is -0.224. The van der Waals surface area contributed by atoms with Crippen LogP contribution in [0.25, 0.3) is 28.2 Å². The lowest BCUT2D eigenvalue weighted by Crippen LogP contribution is -2.19. The summed E-state index contributed by atoms with van der Waals surface area (Å²) >= 11 is 13.8. The van der Waals surface area contributed by atoms with Crippen molar-refractivity contribution in [2.24, 2.45) is 4.99 Å². The first-order valence-corrected chi connectivity index (χ1v) is 11.0. The number of aliphatic imine (C=N–C) groups is 1. The van der Waals surface area contributed by atoms with Crippen molar-refractivity contribution in [1.82, 2.24) is 5.32 Å². The zero-order valence-corrected chi connectivity index (χ0v) is 18.3. The fraction of sp³-hybridized carbons (Fsp3) is 0. The van der Waals surface area contributed by atoms with Gasteiger partial charge in [0.05, 0.1) is 26.2 Å². The lowest BCUT2D eigenvalue weighted by molar-refractivity contribution is -0.115. The number of amides is 1. The van der Waals surface area contributed by atoms with Crippen LogP contribution in [0.5, 0.6) is 0 Å². The molecule has 1 aliphatic rings. The number of hydrogen-bond acceptors (Lipinski definition) is 4. The highest BCUT2D eigenvalue weighted by atomic mass is 35.5. The van der Waals surface area contributed by atoms with E-state index in [0.29, 0.717) is 37.2 Å². The van der Waals surface area contributed by atoms with Gasteiger partial charge in [-0.05, 0) is 58.9 Å². The van der Waals surface area contributed by atoms with Crippen molar-refractivity contribution in [2.45, 2.75) is 0 Å². The van der Waals surface area contributed by atoms with Crippen molar-refractivity contribution in [3.63, 3.8) is 0 Å². The number of halogens is 2. The van der Waals surface area contributed by atoms with Gasteiger partial charge >= 0.3 is 0 Å². The van der Waals surface area contributed by atoms with Gasteiger partial charge in [-0.25, -0.2) is 4.99 Å². The smallest absolute Gasteiger partial charge is 0.264 e. The van der Waals surface area contributed by atoms with Crippen LogP contribution in [0.15, 0.2) is 87.1 Å². The van der Waals surface area contributed by atoms with E-state index in [-0.39, 0.29) is 5.91 Å². The fourth-order valence-corrected chi connectivity index (χ4v) is 4.68. The number of nitrogens with zero attached hydrogens (tertiary/aromatic N) is 1. The van der Waals surface area contributed by atoms with Gasteiger partial charge in [-0.2, -0.15) is 0 Å². The predicted octanol–water partition coefficient (Wildman–Crippen LogP) is 7.30. The molecule has 1 saturated heterocycles. The Morgan fingerprint density at radius 3 is 2.48 bits per heavy atom. The number of carbonyl (C=O) groups excluding carboxylic acids is 1. The Morgan fingerprint density at radius 2 is 1.68 bits per heavy atom. The average Bonchev–Trinajstić information content (AvgIpc) is 3.34. The molecule has 1 aromatic heterocycles. The highest BCUT2D eigenvalue weighted by molar-refractivity contribution is 8.18. The highest BCUT2D eigenvalue weighted by Gasteiger charge is 2.24. The van der Waals surface area contributed by atoms with Gasteiger partial charge in [0.15, 0.2) is 5.17 Å². The zero-order valence-electron chi connectivity index (χ0n) is 15.9. The Morgan fingerprint density at radius 1 is 0.903 bits per heavy atom. The molecule has 1 aliphatic heterocycles. The molecule has 31 heavy (non-hydrogen) atoms. The predicted molar refractivity (Wildman–Crippen MR) is 129 cm³/mol. The number of amidine groups is 1. The molecule has 152 valence electrons. The van der Waals surface area contributed by atoms with Crippen molar-refractivity contribution >= 4 is 68.6 Å². The van der Waals surface area contributed by atoms with Crippen LogP contribution in [0.1, 0.15) is 5.76 Å². The summed E-state index contributed by atoms with van der Waals surface area (Å²) in [4.78, 5) is 17.5. The first-order valence-electron chi connectivity index (χ1n) is 9.39. The molecular formula is C24H14Cl2N2O2S. The van der Waals surface area contributed by atoms with Crippen LogP contribution < -0.4 is 5.32 Å². The Balaban J connectivity index is 1.40. The Bertz CT molecular complexity index is 1370. The van der Waals surface area contributed by atoms with Crippen LogP contribution in [0.4, 0.5) is 5.69 Å². The first kappa shape index (κ1) is 19.9. The topological polar surface area (TPSA) is 54.6 Å². The maximum atomic E-state index is 12.4. The molecule has 5 rings (SSSR count). The van der Waals surface area contributed by atoms with Gasteiger partial charge in [0, 0.05) is 6.08 Å². The SMILES string of the molecule is O=C1NC(=Nc2ccc3ccccc3c2)S/C1=C/c1ccc(-c2c(Cl)cccc2Cl)o1. The number of nitrogens with one attached hydrogen (secondary N) is 1. The van der Waals surface area contributed by atoms with E-state index in [1.165, 1.54) is 11.8 Å². The van der Waals surface area contributed by atoms with Crippen LogP contribution in [-0.4, -0.2) is 11.1 Å². The molecule has 3 aromatic carbocycles. The summed E-state index contributed by atoms with van der Waals surface area (Å²) in [6, 6.07) is 22.8. The number of benzene rings is 3. The third kappa shape index (κ3) is 4.12.